The zero-order valence-corrected chi connectivity index (χ0v) is 22.7. The molecule has 0 radical (unpaired) electrons. The summed E-state index contributed by atoms with van der Waals surface area (Å²) in [5.74, 6) is 0.132. The molecule has 3 atom stereocenters. The van der Waals surface area contributed by atoms with Gasteiger partial charge >= 0.3 is 14.5 Å². The number of hydrogen-bond acceptors (Lipinski definition) is 1. The predicted octanol–water partition coefficient (Wildman–Crippen LogP) is 9.14. The van der Waals surface area contributed by atoms with Gasteiger partial charge in [-0.05, 0) is 90.1 Å². The molecule has 1 saturated heterocycles. The van der Waals surface area contributed by atoms with E-state index in [0.717, 1.165) is 52.9 Å². The van der Waals surface area contributed by atoms with Crippen LogP contribution in [-0.4, -0.2) is 20.1 Å². The van der Waals surface area contributed by atoms with Gasteiger partial charge in [0.2, 0.25) is 0 Å². The molecule has 0 saturated carbocycles. The third-order valence-corrected chi connectivity index (χ3v) is 11.0. The van der Waals surface area contributed by atoms with E-state index in [-0.39, 0.29) is 34.9 Å². The highest BCUT2D eigenvalue weighted by Crippen LogP contribution is 2.44. The Morgan fingerprint density at radius 1 is 0.667 bits per heavy atom. The topological polar surface area (TPSA) is 9.23 Å². The van der Waals surface area contributed by atoms with Crippen molar-refractivity contribution in [1.29, 1.82) is 0 Å². The normalized spacial score (nSPS) is 20.7. The van der Waals surface area contributed by atoms with Gasteiger partial charge in [-0.15, -0.1) is 0 Å². The van der Waals surface area contributed by atoms with Gasteiger partial charge in [0, 0.05) is 5.60 Å². The van der Waals surface area contributed by atoms with Crippen LogP contribution >= 0.6 is 0 Å². The lowest BCUT2D eigenvalue weighted by molar-refractivity contribution is 0.0130. The molecule has 1 nitrogen and oxygen atoms in total. The minimum atomic E-state index is -1.53. The van der Waals surface area contributed by atoms with Crippen molar-refractivity contribution in [2.45, 2.75) is 80.4 Å². The molecular weight excluding hydrogens is 472 g/mol. The molecule has 1 fully saturated rings. The van der Waals surface area contributed by atoms with Gasteiger partial charge in [-0.3, -0.25) is 0 Å². The fourth-order valence-electron chi connectivity index (χ4n) is 5.93. The van der Waals surface area contributed by atoms with Crippen LogP contribution < -0.4 is 0 Å². The second-order valence-electron chi connectivity index (χ2n) is 10.8. The van der Waals surface area contributed by atoms with Gasteiger partial charge in [-0.25, -0.2) is 13.2 Å². The number of halogens is 3. The number of benzene rings is 3. The molecule has 3 aromatic rings. The van der Waals surface area contributed by atoms with E-state index >= 15 is 0 Å². The second kappa shape index (κ2) is 12.0. The van der Waals surface area contributed by atoms with Crippen LogP contribution in [-0.2, 0) is 3.79 Å². The van der Waals surface area contributed by atoms with Gasteiger partial charge in [0.25, 0.3) is 0 Å². The molecule has 3 aromatic carbocycles. The summed E-state index contributed by atoms with van der Waals surface area (Å²) in [6.07, 6.45) is 3.88. The maximum Gasteiger partial charge on any atom is 0.461 e. The first kappa shape index (κ1) is 27.0. The van der Waals surface area contributed by atoms with Crippen molar-refractivity contribution in [2.75, 3.05) is 0 Å². The minimum Gasteiger partial charge on any atom is -0.496 e. The smallest absolute Gasteiger partial charge is 0.461 e. The van der Waals surface area contributed by atoms with Gasteiger partial charge in [-0.2, -0.15) is 0 Å². The number of hydrogen-bond donors (Lipinski definition) is 0. The van der Waals surface area contributed by atoms with Crippen LogP contribution in [0.5, 0.6) is 0 Å². The Morgan fingerprint density at radius 2 is 1.06 bits per heavy atom. The number of rotatable bonds is 9. The molecule has 190 valence electrons. The average molecular weight is 509 g/mol. The Kier molecular flexibility index (Phi) is 8.99. The fourth-order valence-corrected chi connectivity index (χ4v) is 9.12. The van der Waals surface area contributed by atoms with E-state index in [2.05, 4.69) is 20.8 Å². The van der Waals surface area contributed by atoms with Crippen molar-refractivity contribution < 1.29 is 17.0 Å². The van der Waals surface area contributed by atoms with Crippen molar-refractivity contribution >= 4 is 14.5 Å². The largest absolute Gasteiger partial charge is 0.496 e. The van der Waals surface area contributed by atoms with Crippen molar-refractivity contribution in [2.24, 2.45) is 0 Å². The minimum absolute atomic E-state index is 0.208. The summed E-state index contributed by atoms with van der Waals surface area (Å²) in [5, 5.41) is 2.16. The van der Waals surface area contributed by atoms with E-state index in [1.165, 1.54) is 36.4 Å². The molecule has 1 aliphatic heterocycles. The van der Waals surface area contributed by atoms with Crippen LogP contribution in [0.25, 0.3) is 0 Å². The molecule has 0 aromatic heterocycles. The van der Waals surface area contributed by atoms with Crippen molar-refractivity contribution in [3.63, 3.8) is 0 Å². The van der Waals surface area contributed by atoms with E-state index in [9.17, 15) is 13.2 Å². The summed E-state index contributed by atoms with van der Waals surface area (Å²) in [5.41, 5.74) is 3.14. The summed E-state index contributed by atoms with van der Waals surface area (Å²) in [6, 6.07) is 20.5. The van der Waals surface area contributed by atoms with Crippen LogP contribution in [0.4, 0.5) is 13.2 Å². The third-order valence-electron chi connectivity index (χ3n) is 7.87. The molecule has 0 bridgehead atoms. The molecule has 5 heteroatoms. The van der Waals surface area contributed by atoms with Gasteiger partial charge in [0.15, 0.2) is 0 Å². The average Bonchev–Trinajstić information content (AvgIpc) is 2.85. The van der Waals surface area contributed by atoms with Crippen molar-refractivity contribution in [3.05, 3.63) is 107 Å². The first-order valence-corrected chi connectivity index (χ1v) is 15.3. The summed E-state index contributed by atoms with van der Waals surface area (Å²) in [6.45, 7) is 6.61. The molecule has 0 aliphatic carbocycles. The lowest BCUT2D eigenvalue weighted by atomic mass is 9.77. The first-order chi connectivity index (χ1) is 17.2. The van der Waals surface area contributed by atoms with Crippen molar-refractivity contribution in [3.8, 4) is 0 Å². The van der Waals surface area contributed by atoms with Crippen LogP contribution in [0.3, 0.4) is 0 Å². The molecule has 1 heterocycles. The Hall–Kier alpha value is -2.06. The first-order valence-electron chi connectivity index (χ1n) is 13.2. The maximum absolute atomic E-state index is 13.5. The molecule has 4 rings (SSSR count). The summed E-state index contributed by atoms with van der Waals surface area (Å²) < 4.78 is 47.6. The van der Waals surface area contributed by atoms with E-state index in [1.54, 1.807) is 0 Å². The van der Waals surface area contributed by atoms with Crippen molar-refractivity contribution in [1.82, 2.24) is 0 Å². The SMILES string of the molecule is CC([CH2][Al]1[CH2]CCC(CC(C)c2ccc(F)cc2)(CC(C)c2ccc(F)cc2)[O]1)c1ccc(F)cc1. The van der Waals surface area contributed by atoms with Gasteiger partial charge in [0.05, 0.1) is 0 Å². The second-order valence-corrected chi connectivity index (χ2v) is 13.3. The maximum atomic E-state index is 13.5. The lowest BCUT2D eigenvalue weighted by Gasteiger charge is -2.45. The van der Waals surface area contributed by atoms with E-state index in [1.807, 2.05) is 36.4 Å². The highest BCUT2D eigenvalue weighted by atomic mass is 27.2. The quantitative estimate of drug-likeness (QED) is 0.262. The molecular formula is C31H36AlF3O. The summed E-state index contributed by atoms with van der Waals surface area (Å²) in [4.78, 5) is 0. The molecule has 1 aliphatic rings. The van der Waals surface area contributed by atoms with Crippen LogP contribution in [0, 0.1) is 17.5 Å². The zero-order chi connectivity index (χ0) is 25.7. The fraction of sp³-hybridized carbons (Fsp3) is 0.419. The third kappa shape index (κ3) is 7.03. The Balaban J connectivity index is 1.54. The summed E-state index contributed by atoms with van der Waals surface area (Å²) >= 11 is -1.53. The van der Waals surface area contributed by atoms with E-state index in [4.69, 9.17) is 3.79 Å². The zero-order valence-electron chi connectivity index (χ0n) is 21.5. The molecule has 0 amide bonds. The Morgan fingerprint density at radius 3 is 1.47 bits per heavy atom. The molecule has 0 N–H and O–H groups in total. The molecule has 36 heavy (non-hydrogen) atoms. The highest BCUT2D eigenvalue weighted by molar-refractivity contribution is 6.52. The van der Waals surface area contributed by atoms with Crippen LogP contribution in [0.1, 0.15) is 80.9 Å². The summed E-state index contributed by atoms with van der Waals surface area (Å²) in [7, 11) is 0. The van der Waals surface area contributed by atoms with E-state index in [0.29, 0.717) is 5.92 Å². The van der Waals surface area contributed by atoms with Gasteiger partial charge in [0.1, 0.15) is 17.5 Å². The Bertz CT molecular complexity index is 1040. The van der Waals surface area contributed by atoms with Gasteiger partial charge in [-0.1, -0.05) is 74.2 Å². The predicted molar refractivity (Wildman–Crippen MR) is 142 cm³/mol. The molecule has 3 unspecified atom stereocenters. The van der Waals surface area contributed by atoms with Crippen LogP contribution in [0.15, 0.2) is 72.8 Å². The lowest BCUT2D eigenvalue weighted by Crippen LogP contribution is -2.45. The molecule has 0 spiro atoms. The van der Waals surface area contributed by atoms with E-state index < -0.39 is 14.5 Å². The Labute approximate surface area is 218 Å². The monoisotopic (exact) mass is 508 g/mol. The highest BCUT2D eigenvalue weighted by Gasteiger charge is 2.42. The van der Waals surface area contributed by atoms with Gasteiger partial charge < -0.3 is 3.79 Å². The standard InChI is InChI=1S/C22H26F2O.C9H10F.Al/c1-4-13-22(25,14-16(2)18-5-9-20(23)10-6-18)15-17(3)19-7-11-21(24)12-8-19;1-7(2)8-3-5-9(10)6-4-8;/h5-12,16-17H,1,4,13-15H2,2-3H3;3-7H,1H2,2H3;/q-1;;+1. The van der Waals surface area contributed by atoms with Crippen LogP contribution in [0.2, 0.25) is 10.6 Å².